The monoisotopic (exact) mass is 271 g/mol. The van der Waals surface area contributed by atoms with Gasteiger partial charge in [-0.05, 0) is 6.92 Å². The Morgan fingerprint density at radius 2 is 2.11 bits per heavy atom. The Morgan fingerprint density at radius 3 is 2.74 bits per heavy atom. The number of hydrogen-bond acceptors (Lipinski definition) is 6. The van der Waals surface area contributed by atoms with Gasteiger partial charge in [0.05, 0.1) is 38.2 Å². The number of rotatable bonds is 5. The molecule has 1 rings (SSSR count). The Bertz CT molecular complexity index is 401. The zero-order chi connectivity index (χ0) is 14.3. The Labute approximate surface area is 110 Å². The molecular formula is C12H17NO6. The summed E-state index contributed by atoms with van der Waals surface area (Å²) in [5, 5.41) is 2.49. The summed E-state index contributed by atoms with van der Waals surface area (Å²) in [4.78, 5) is 34.2. The number of methoxy groups -OCH3 is 1. The molecule has 1 N–H and O–H groups in total. The van der Waals surface area contributed by atoms with Gasteiger partial charge >= 0.3 is 11.9 Å². The molecule has 0 bridgehead atoms. The smallest absolute Gasteiger partial charge is 0.335 e. The minimum atomic E-state index is -0.614. The third-order valence-corrected chi connectivity index (χ3v) is 2.44. The summed E-state index contributed by atoms with van der Waals surface area (Å²) in [5.41, 5.74) is 0.707. The van der Waals surface area contributed by atoms with Crippen LogP contribution in [0.25, 0.3) is 0 Å². The summed E-state index contributed by atoms with van der Waals surface area (Å²) in [7, 11) is 1.27. The number of ether oxygens (including phenoxy) is 3. The molecule has 19 heavy (non-hydrogen) atoms. The van der Waals surface area contributed by atoms with Crippen molar-refractivity contribution in [2.75, 3.05) is 26.9 Å². The van der Waals surface area contributed by atoms with Crippen LogP contribution in [-0.2, 0) is 28.6 Å². The first-order chi connectivity index (χ1) is 9.08. The van der Waals surface area contributed by atoms with Gasteiger partial charge in [-0.15, -0.1) is 0 Å². The Hall–Kier alpha value is -1.89. The predicted octanol–water partition coefficient (Wildman–Crippen LogP) is -0.0968. The van der Waals surface area contributed by atoms with Crippen molar-refractivity contribution < 1.29 is 28.6 Å². The van der Waals surface area contributed by atoms with Crippen molar-refractivity contribution >= 4 is 17.8 Å². The molecule has 0 saturated carbocycles. The van der Waals surface area contributed by atoms with Crippen molar-refractivity contribution in [2.24, 2.45) is 0 Å². The zero-order valence-corrected chi connectivity index (χ0v) is 11.0. The summed E-state index contributed by atoms with van der Waals surface area (Å²) in [6.45, 7) is 2.37. The lowest BCUT2D eigenvalue weighted by Gasteiger charge is -2.19. The Balaban J connectivity index is 2.66. The highest BCUT2D eigenvalue weighted by Crippen LogP contribution is 2.15. The number of esters is 2. The van der Waals surface area contributed by atoms with Crippen LogP contribution in [0.2, 0.25) is 0 Å². The van der Waals surface area contributed by atoms with Crippen molar-refractivity contribution in [1.82, 2.24) is 5.32 Å². The number of amides is 1. The molecule has 0 aromatic heterocycles. The molecular weight excluding hydrogens is 254 g/mol. The van der Waals surface area contributed by atoms with E-state index in [1.807, 2.05) is 0 Å². The fraction of sp³-hybridized carbons (Fsp3) is 0.583. The molecule has 1 aliphatic rings. The molecule has 0 saturated heterocycles. The second-order valence-corrected chi connectivity index (χ2v) is 3.78. The van der Waals surface area contributed by atoms with Crippen molar-refractivity contribution in [3.05, 3.63) is 11.3 Å². The molecule has 0 spiro atoms. The van der Waals surface area contributed by atoms with Crippen molar-refractivity contribution in [2.45, 2.75) is 19.8 Å². The molecule has 7 heteroatoms. The summed E-state index contributed by atoms with van der Waals surface area (Å²) in [6, 6.07) is 0. The number of carbonyl (C=O) groups excluding carboxylic acids is 3. The molecule has 7 nitrogen and oxygen atoms in total. The number of carbonyl (C=O) groups is 3. The molecule has 1 amide bonds. The highest BCUT2D eigenvalue weighted by atomic mass is 16.5. The second-order valence-electron chi connectivity index (χ2n) is 3.78. The maximum atomic E-state index is 11.6. The lowest BCUT2D eigenvalue weighted by molar-refractivity contribution is -0.145. The van der Waals surface area contributed by atoms with Crippen molar-refractivity contribution in [3.63, 3.8) is 0 Å². The van der Waals surface area contributed by atoms with E-state index in [4.69, 9.17) is 4.74 Å². The highest BCUT2D eigenvalue weighted by Gasteiger charge is 2.22. The van der Waals surface area contributed by atoms with Crippen LogP contribution in [0.15, 0.2) is 11.3 Å². The van der Waals surface area contributed by atoms with E-state index in [1.165, 1.54) is 7.11 Å². The first-order valence-corrected chi connectivity index (χ1v) is 5.92. The van der Waals surface area contributed by atoms with Crippen molar-refractivity contribution in [3.8, 4) is 0 Å². The van der Waals surface area contributed by atoms with E-state index < -0.39 is 24.3 Å². The van der Waals surface area contributed by atoms with Crippen LogP contribution in [0.5, 0.6) is 0 Å². The zero-order valence-electron chi connectivity index (χ0n) is 11.0. The van der Waals surface area contributed by atoms with Gasteiger partial charge in [-0.3, -0.25) is 9.59 Å². The van der Waals surface area contributed by atoms with E-state index in [-0.39, 0.29) is 13.2 Å². The molecule has 0 aromatic rings. The van der Waals surface area contributed by atoms with Crippen LogP contribution in [0.3, 0.4) is 0 Å². The first kappa shape index (κ1) is 15.2. The molecule has 0 unspecified atom stereocenters. The lowest BCUT2D eigenvalue weighted by Crippen LogP contribution is -2.32. The van der Waals surface area contributed by atoms with Gasteiger partial charge in [-0.2, -0.15) is 0 Å². The average Bonchev–Trinajstić information content (AvgIpc) is 2.38. The standard InChI is InChI=1S/C12H17NO6/c1-3-19-11(15)6-10(14)13-9-7-18-5-4-8(9)12(16)17-2/h3-7H2,1-2H3,(H,13,14). The largest absolute Gasteiger partial charge is 0.466 e. The summed E-state index contributed by atoms with van der Waals surface area (Å²) >= 11 is 0. The Kier molecular flexibility index (Phi) is 6.01. The van der Waals surface area contributed by atoms with Crippen LogP contribution < -0.4 is 5.32 Å². The van der Waals surface area contributed by atoms with Gasteiger partial charge < -0.3 is 19.5 Å². The molecule has 0 atom stereocenters. The highest BCUT2D eigenvalue weighted by molar-refractivity contribution is 5.96. The Morgan fingerprint density at radius 1 is 1.37 bits per heavy atom. The van der Waals surface area contributed by atoms with E-state index in [0.29, 0.717) is 24.3 Å². The van der Waals surface area contributed by atoms with E-state index in [9.17, 15) is 14.4 Å². The van der Waals surface area contributed by atoms with Gasteiger partial charge in [0.15, 0.2) is 0 Å². The summed E-state index contributed by atoms with van der Waals surface area (Å²) in [6.07, 6.45) is -0.0342. The minimum absolute atomic E-state index is 0.110. The predicted molar refractivity (Wildman–Crippen MR) is 63.9 cm³/mol. The van der Waals surface area contributed by atoms with E-state index in [2.05, 4.69) is 14.8 Å². The fourth-order valence-electron chi connectivity index (χ4n) is 1.60. The van der Waals surface area contributed by atoms with Crippen LogP contribution in [0, 0.1) is 0 Å². The van der Waals surface area contributed by atoms with Gasteiger partial charge in [0.2, 0.25) is 5.91 Å². The maximum Gasteiger partial charge on any atom is 0.335 e. The minimum Gasteiger partial charge on any atom is -0.466 e. The molecule has 0 aromatic carbocycles. The topological polar surface area (TPSA) is 90.9 Å². The maximum absolute atomic E-state index is 11.6. The van der Waals surface area contributed by atoms with E-state index in [1.54, 1.807) is 6.92 Å². The molecule has 106 valence electrons. The number of nitrogens with one attached hydrogen (secondary N) is 1. The lowest BCUT2D eigenvalue weighted by atomic mass is 10.1. The number of hydrogen-bond donors (Lipinski definition) is 1. The third-order valence-electron chi connectivity index (χ3n) is 2.44. The molecule has 0 aliphatic carbocycles. The van der Waals surface area contributed by atoms with E-state index in [0.717, 1.165) is 0 Å². The molecule has 1 aliphatic heterocycles. The van der Waals surface area contributed by atoms with Crippen molar-refractivity contribution in [1.29, 1.82) is 0 Å². The van der Waals surface area contributed by atoms with Crippen LogP contribution in [0.1, 0.15) is 19.8 Å². The third kappa shape index (κ3) is 4.70. The normalized spacial score (nSPS) is 14.8. The second kappa shape index (κ2) is 7.52. The van der Waals surface area contributed by atoms with Gasteiger partial charge in [0.1, 0.15) is 6.42 Å². The molecule has 0 radical (unpaired) electrons. The summed E-state index contributed by atoms with van der Waals surface area (Å²) < 4.78 is 14.4. The molecule has 1 heterocycles. The van der Waals surface area contributed by atoms with E-state index >= 15 is 0 Å². The van der Waals surface area contributed by atoms with Crippen LogP contribution in [-0.4, -0.2) is 44.8 Å². The van der Waals surface area contributed by atoms with Crippen LogP contribution in [0.4, 0.5) is 0 Å². The first-order valence-electron chi connectivity index (χ1n) is 5.92. The van der Waals surface area contributed by atoms with Gasteiger partial charge in [0, 0.05) is 6.42 Å². The van der Waals surface area contributed by atoms with Gasteiger partial charge in [-0.25, -0.2) is 4.79 Å². The molecule has 0 fully saturated rings. The SMILES string of the molecule is CCOC(=O)CC(=O)NC1=C(C(=O)OC)CCOC1. The van der Waals surface area contributed by atoms with Crippen LogP contribution >= 0.6 is 0 Å². The summed E-state index contributed by atoms with van der Waals surface area (Å²) in [5.74, 6) is -1.66. The van der Waals surface area contributed by atoms with Gasteiger partial charge in [-0.1, -0.05) is 0 Å². The average molecular weight is 271 g/mol. The van der Waals surface area contributed by atoms with Gasteiger partial charge in [0.25, 0.3) is 0 Å². The fourth-order valence-corrected chi connectivity index (χ4v) is 1.60. The quantitative estimate of drug-likeness (QED) is 0.555.